The van der Waals surface area contributed by atoms with Crippen LogP contribution in [0, 0.1) is 10.1 Å². The third-order valence-corrected chi connectivity index (χ3v) is 3.28. The molecule has 2 rings (SSSR count). The van der Waals surface area contributed by atoms with E-state index < -0.39 is 16.7 Å². The van der Waals surface area contributed by atoms with E-state index in [9.17, 15) is 19.7 Å². The molecule has 0 aliphatic rings. The van der Waals surface area contributed by atoms with Gasteiger partial charge in [0, 0.05) is 23.8 Å². The second kappa shape index (κ2) is 7.77. The lowest BCUT2D eigenvalue weighted by atomic mass is 10.2. The molecule has 2 aromatic carbocycles. The van der Waals surface area contributed by atoms with Crippen molar-refractivity contribution in [3.63, 3.8) is 0 Å². The van der Waals surface area contributed by atoms with Crippen molar-refractivity contribution in [3.8, 4) is 11.5 Å². The number of nitrogens with one attached hydrogen (secondary N) is 2. The third-order valence-electron chi connectivity index (χ3n) is 3.28. The monoisotopic (exact) mass is 345 g/mol. The van der Waals surface area contributed by atoms with Crippen LogP contribution in [0.2, 0.25) is 0 Å². The lowest BCUT2D eigenvalue weighted by molar-refractivity contribution is -0.384. The fourth-order valence-corrected chi connectivity index (χ4v) is 1.97. The fourth-order valence-electron chi connectivity index (χ4n) is 1.97. The fraction of sp³-hybridized carbons (Fsp3) is 0.125. The second-order valence-corrected chi connectivity index (χ2v) is 4.78. The molecule has 2 N–H and O–H groups in total. The normalized spacial score (nSPS) is 9.84. The molecule has 0 spiro atoms. The molecule has 0 saturated heterocycles. The summed E-state index contributed by atoms with van der Waals surface area (Å²) in [7, 11) is 2.89. The minimum absolute atomic E-state index is 0.136. The maximum atomic E-state index is 12.2. The first-order valence-electron chi connectivity index (χ1n) is 7.03. The highest BCUT2D eigenvalue weighted by Gasteiger charge is 2.15. The van der Waals surface area contributed by atoms with Crippen LogP contribution in [0.5, 0.6) is 11.5 Å². The number of carbonyl (C=O) groups is 2. The highest BCUT2D eigenvalue weighted by molar-refractivity contribution is 6.00. The number of hydrogen-bond acceptors (Lipinski definition) is 6. The van der Waals surface area contributed by atoms with Gasteiger partial charge in [-0.3, -0.25) is 30.6 Å². The van der Waals surface area contributed by atoms with Gasteiger partial charge in [-0.15, -0.1) is 0 Å². The topological polar surface area (TPSA) is 120 Å². The number of non-ortho nitro benzene ring substituents is 1. The molecule has 0 bridgehead atoms. The SMILES string of the molecule is COc1ccc(C(=O)NNC(=O)c2ccc([N+](=O)[O-])cc2)c(OC)c1. The van der Waals surface area contributed by atoms with Crippen molar-refractivity contribution >= 4 is 17.5 Å². The quantitative estimate of drug-likeness (QED) is 0.628. The lowest BCUT2D eigenvalue weighted by Crippen LogP contribution is -2.41. The highest BCUT2D eigenvalue weighted by Crippen LogP contribution is 2.24. The van der Waals surface area contributed by atoms with Crippen molar-refractivity contribution in [2.45, 2.75) is 0 Å². The summed E-state index contributed by atoms with van der Waals surface area (Å²) in [5, 5.41) is 10.6. The largest absolute Gasteiger partial charge is 0.497 e. The van der Waals surface area contributed by atoms with Crippen LogP contribution in [0.15, 0.2) is 42.5 Å². The molecule has 0 fully saturated rings. The van der Waals surface area contributed by atoms with E-state index in [1.807, 2.05) is 0 Å². The summed E-state index contributed by atoms with van der Waals surface area (Å²) < 4.78 is 10.2. The molecule has 2 amide bonds. The van der Waals surface area contributed by atoms with E-state index in [2.05, 4.69) is 10.9 Å². The number of nitrogens with zero attached hydrogens (tertiary/aromatic N) is 1. The standard InChI is InChI=1S/C16H15N3O6/c1-24-12-7-8-13(14(9-12)25-2)16(21)18-17-15(20)10-3-5-11(6-4-10)19(22)23/h3-9H,1-2H3,(H,17,20)(H,18,21). The number of benzene rings is 2. The summed E-state index contributed by atoms with van der Waals surface area (Å²) in [4.78, 5) is 34.2. The molecule has 130 valence electrons. The van der Waals surface area contributed by atoms with Gasteiger partial charge in [0.15, 0.2) is 0 Å². The molecule has 25 heavy (non-hydrogen) atoms. The molecule has 0 radical (unpaired) electrons. The first-order valence-corrected chi connectivity index (χ1v) is 7.03. The summed E-state index contributed by atoms with van der Waals surface area (Å²) in [6.07, 6.45) is 0. The zero-order valence-electron chi connectivity index (χ0n) is 13.4. The Hall–Kier alpha value is -3.62. The predicted octanol–water partition coefficient (Wildman–Crippen LogP) is 1.69. The molecule has 9 nitrogen and oxygen atoms in total. The van der Waals surface area contributed by atoms with E-state index in [4.69, 9.17) is 9.47 Å². The number of nitro benzene ring substituents is 1. The third kappa shape index (κ3) is 4.22. The summed E-state index contributed by atoms with van der Waals surface area (Å²) in [6, 6.07) is 9.57. The van der Waals surface area contributed by atoms with Gasteiger partial charge >= 0.3 is 0 Å². The van der Waals surface area contributed by atoms with Crippen molar-refractivity contribution in [3.05, 3.63) is 63.7 Å². The second-order valence-electron chi connectivity index (χ2n) is 4.78. The van der Waals surface area contributed by atoms with Crippen LogP contribution >= 0.6 is 0 Å². The number of hydrazine groups is 1. The van der Waals surface area contributed by atoms with E-state index in [0.717, 1.165) is 0 Å². The summed E-state index contributed by atoms with van der Waals surface area (Å²) in [6.45, 7) is 0. The Morgan fingerprint density at radius 3 is 2.16 bits per heavy atom. The van der Waals surface area contributed by atoms with Gasteiger partial charge in [-0.05, 0) is 24.3 Å². The van der Waals surface area contributed by atoms with Crippen LogP contribution in [0.25, 0.3) is 0 Å². The number of rotatable bonds is 5. The molecule has 0 atom stereocenters. The molecule has 0 aliphatic heterocycles. The minimum atomic E-state index is -0.615. The van der Waals surface area contributed by atoms with E-state index >= 15 is 0 Å². The lowest BCUT2D eigenvalue weighted by Gasteiger charge is -2.11. The van der Waals surface area contributed by atoms with Crippen LogP contribution < -0.4 is 20.3 Å². The Balaban J connectivity index is 2.04. The molecular formula is C16H15N3O6. The number of carbonyl (C=O) groups excluding carboxylic acids is 2. The summed E-state index contributed by atoms with van der Waals surface area (Å²) in [5.74, 6) is -0.407. The Labute approximate surface area is 142 Å². The first kappa shape index (κ1) is 17.7. The van der Waals surface area contributed by atoms with Crippen LogP contribution in [0.3, 0.4) is 0 Å². The zero-order valence-corrected chi connectivity index (χ0v) is 13.4. The first-order chi connectivity index (χ1) is 12.0. The van der Waals surface area contributed by atoms with Crippen molar-refractivity contribution in [2.75, 3.05) is 14.2 Å². The van der Waals surface area contributed by atoms with Crippen molar-refractivity contribution < 1.29 is 24.0 Å². The van der Waals surface area contributed by atoms with Gasteiger partial charge in [-0.25, -0.2) is 0 Å². The van der Waals surface area contributed by atoms with Crippen LogP contribution in [0.4, 0.5) is 5.69 Å². The Kier molecular flexibility index (Phi) is 5.51. The smallest absolute Gasteiger partial charge is 0.273 e. The molecule has 0 saturated carbocycles. The molecule has 0 heterocycles. The number of amides is 2. The van der Waals surface area contributed by atoms with E-state index in [1.54, 1.807) is 6.07 Å². The van der Waals surface area contributed by atoms with Gasteiger partial charge in [0.1, 0.15) is 11.5 Å². The number of hydrogen-bond donors (Lipinski definition) is 2. The molecule has 0 aromatic heterocycles. The molecule has 0 unspecified atom stereocenters. The Bertz CT molecular complexity index is 804. The highest BCUT2D eigenvalue weighted by atomic mass is 16.6. The summed E-state index contributed by atoms with van der Waals surface area (Å²) in [5.41, 5.74) is 4.71. The molecular weight excluding hydrogens is 330 g/mol. The van der Waals surface area contributed by atoms with E-state index in [-0.39, 0.29) is 22.6 Å². The molecule has 2 aromatic rings. The van der Waals surface area contributed by atoms with Gasteiger partial charge in [0.25, 0.3) is 17.5 Å². The predicted molar refractivity (Wildman–Crippen MR) is 87.6 cm³/mol. The Morgan fingerprint density at radius 2 is 1.60 bits per heavy atom. The zero-order chi connectivity index (χ0) is 18.4. The Morgan fingerprint density at radius 1 is 0.960 bits per heavy atom. The molecule has 9 heteroatoms. The van der Waals surface area contributed by atoms with Gasteiger partial charge < -0.3 is 9.47 Å². The van der Waals surface area contributed by atoms with Crippen LogP contribution in [-0.2, 0) is 0 Å². The van der Waals surface area contributed by atoms with Crippen molar-refractivity contribution in [1.82, 2.24) is 10.9 Å². The van der Waals surface area contributed by atoms with Gasteiger partial charge in [0.05, 0.1) is 24.7 Å². The number of nitro groups is 1. The van der Waals surface area contributed by atoms with Crippen LogP contribution in [0.1, 0.15) is 20.7 Å². The van der Waals surface area contributed by atoms with Gasteiger partial charge in [-0.2, -0.15) is 0 Å². The average Bonchev–Trinajstić information content (AvgIpc) is 2.65. The van der Waals surface area contributed by atoms with E-state index in [1.165, 1.54) is 50.6 Å². The van der Waals surface area contributed by atoms with Gasteiger partial charge in [0.2, 0.25) is 0 Å². The summed E-state index contributed by atoms with van der Waals surface area (Å²) >= 11 is 0. The van der Waals surface area contributed by atoms with Crippen molar-refractivity contribution in [1.29, 1.82) is 0 Å². The molecule has 0 aliphatic carbocycles. The maximum absolute atomic E-state index is 12.2. The minimum Gasteiger partial charge on any atom is -0.497 e. The van der Waals surface area contributed by atoms with Crippen molar-refractivity contribution in [2.24, 2.45) is 0 Å². The number of methoxy groups -OCH3 is 2. The maximum Gasteiger partial charge on any atom is 0.273 e. The van der Waals surface area contributed by atoms with E-state index in [0.29, 0.717) is 5.75 Å². The average molecular weight is 345 g/mol. The van der Waals surface area contributed by atoms with Gasteiger partial charge in [-0.1, -0.05) is 0 Å². The van der Waals surface area contributed by atoms with Crippen LogP contribution in [-0.4, -0.2) is 31.0 Å². The number of ether oxygens (including phenoxy) is 2.